The van der Waals surface area contributed by atoms with E-state index >= 15 is 0 Å². The molecule has 6 heteroatoms. The Balaban J connectivity index is 1.74. The number of methoxy groups -OCH3 is 1. The molecule has 4 aromatic rings. The standard InChI is InChI=1S/C22H19N3O2S/c1-27-18-11-12-20(26)17(13-18)14-23-24-22-25(15-16-7-3-2-4-8-16)19-9-5-6-10-21(19)28-22/h2-14,26H,15H2,1H3/b23-14+,24-22+. The number of thiazole rings is 1. The number of benzene rings is 3. The summed E-state index contributed by atoms with van der Waals surface area (Å²) in [6.45, 7) is 0.712. The average molecular weight is 389 g/mol. The van der Waals surface area contributed by atoms with Gasteiger partial charge in [0.2, 0.25) is 4.80 Å². The Bertz CT molecular complexity index is 1190. The smallest absolute Gasteiger partial charge is 0.211 e. The highest BCUT2D eigenvalue weighted by Crippen LogP contribution is 2.21. The summed E-state index contributed by atoms with van der Waals surface area (Å²) in [5.74, 6) is 0.786. The van der Waals surface area contributed by atoms with Crippen LogP contribution in [0.1, 0.15) is 11.1 Å². The van der Waals surface area contributed by atoms with Gasteiger partial charge in [0, 0.05) is 5.56 Å². The Morgan fingerprint density at radius 2 is 1.82 bits per heavy atom. The van der Waals surface area contributed by atoms with E-state index in [0.717, 1.165) is 15.0 Å². The van der Waals surface area contributed by atoms with Gasteiger partial charge >= 0.3 is 0 Å². The van der Waals surface area contributed by atoms with Gasteiger partial charge in [-0.05, 0) is 35.9 Å². The molecule has 3 aromatic carbocycles. The SMILES string of the molecule is COc1ccc(O)c(/C=N/N=c2/sc3ccccc3n2Cc2ccccc2)c1. The minimum absolute atomic E-state index is 0.133. The highest BCUT2D eigenvalue weighted by Gasteiger charge is 2.06. The lowest BCUT2D eigenvalue weighted by Crippen LogP contribution is -2.15. The fraction of sp³-hybridized carbons (Fsp3) is 0.0909. The molecule has 28 heavy (non-hydrogen) atoms. The van der Waals surface area contributed by atoms with Crippen molar-refractivity contribution in [3.05, 3.63) is 88.7 Å². The third kappa shape index (κ3) is 3.82. The van der Waals surface area contributed by atoms with Gasteiger partial charge in [-0.3, -0.25) is 0 Å². The number of phenolic OH excluding ortho intramolecular Hbond substituents is 1. The van der Waals surface area contributed by atoms with Crippen LogP contribution in [0.5, 0.6) is 11.5 Å². The second-order valence-electron chi connectivity index (χ2n) is 6.19. The third-order valence-corrected chi connectivity index (χ3v) is 5.40. The van der Waals surface area contributed by atoms with Gasteiger partial charge in [0.1, 0.15) is 11.5 Å². The first-order chi connectivity index (χ1) is 13.7. The second kappa shape index (κ2) is 8.10. The number of aromatic nitrogens is 1. The van der Waals surface area contributed by atoms with E-state index in [1.54, 1.807) is 36.6 Å². The van der Waals surface area contributed by atoms with Gasteiger partial charge in [-0.15, -0.1) is 5.10 Å². The van der Waals surface area contributed by atoms with Gasteiger partial charge in [-0.25, -0.2) is 0 Å². The number of hydrogen-bond acceptors (Lipinski definition) is 5. The number of para-hydroxylation sites is 1. The molecule has 5 nitrogen and oxygen atoms in total. The fourth-order valence-corrected chi connectivity index (χ4v) is 3.91. The maximum atomic E-state index is 10.0. The Hall–Kier alpha value is -3.38. The molecular weight excluding hydrogens is 370 g/mol. The highest BCUT2D eigenvalue weighted by molar-refractivity contribution is 7.16. The molecule has 140 valence electrons. The number of ether oxygens (including phenoxy) is 1. The van der Waals surface area contributed by atoms with Crippen molar-refractivity contribution in [3.63, 3.8) is 0 Å². The molecule has 0 amide bonds. The summed E-state index contributed by atoms with van der Waals surface area (Å²) in [7, 11) is 1.58. The summed E-state index contributed by atoms with van der Waals surface area (Å²) < 4.78 is 8.49. The van der Waals surface area contributed by atoms with Gasteiger partial charge in [0.25, 0.3) is 0 Å². The number of aromatic hydroxyl groups is 1. The molecule has 0 bridgehead atoms. The molecule has 4 rings (SSSR count). The topological polar surface area (TPSA) is 59.1 Å². The second-order valence-corrected chi connectivity index (χ2v) is 7.20. The zero-order valence-electron chi connectivity index (χ0n) is 15.3. The Morgan fingerprint density at radius 1 is 1.04 bits per heavy atom. The molecule has 0 aliphatic heterocycles. The van der Waals surface area contributed by atoms with E-state index in [-0.39, 0.29) is 5.75 Å². The lowest BCUT2D eigenvalue weighted by atomic mass is 10.2. The van der Waals surface area contributed by atoms with Crippen LogP contribution in [0.25, 0.3) is 10.2 Å². The van der Waals surface area contributed by atoms with E-state index in [1.807, 2.05) is 30.3 Å². The quantitative estimate of drug-likeness (QED) is 0.406. The first-order valence-corrected chi connectivity index (χ1v) is 9.62. The van der Waals surface area contributed by atoms with E-state index in [1.165, 1.54) is 11.8 Å². The van der Waals surface area contributed by atoms with Crippen LogP contribution in [-0.4, -0.2) is 23.0 Å². The molecule has 0 radical (unpaired) electrons. The maximum Gasteiger partial charge on any atom is 0.211 e. The Morgan fingerprint density at radius 3 is 2.64 bits per heavy atom. The van der Waals surface area contributed by atoms with Crippen LogP contribution < -0.4 is 9.54 Å². The number of fused-ring (bicyclic) bond motifs is 1. The van der Waals surface area contributed by atoms with Crippen LogP contribution in [0.2, 0.25) is 0 Å². The van der Waals surface area contributed by atoms with Crippen molar-refractivity contribution in [2.24, 2.45) is 10.2 Å². The molecule has 0 spiro atoms. The number of hydrogen-bond donors (Lipinski definition) is 1. The predicted molar refractivity (Wildman–Crippen MR) is 113 cm³/mol. The normalized spacial score (nSPS) is 12.1. The van der Waals surface area contributed by atoms with Crippen molar-refractivity contribution in [3.8, 4) is 11.5 Å². The van der Waals surface area contributed by atoms with Crippen LogP contribution in [0.4, 0.5) is 0 Å². The summed E-state index contributed by atoms with van der Waals surface area (Å²) >= 11 is 1.59. The Labute approximate surface area is 166 Å². The molecule has 0 saturated carbocycles. The fourth-order valence-electron chi connectivity index (χ4n) is 2.92. The summed E-state index contributed by atoms with van der Waals surface area (Å²) in [6, 6.07) is 23.5. The van der Waals surface area contributed by atoms with Crippen molar-refractivity contribution < 1.29 is 9.84 Å². The summed E-state index contributed by atoms with van der Waals surface area (Å²) in [5.41, 5.74) is 2.87. The zero-order valence-corrected chi connectivity index (χ0v) is 16.1. The monoisotopic (exact) mass is 389 g/mol. The lowest BCUT2D eigenvalue weighted by molar-refractivity contribution is 0.412. The van der Waals surface area contributed by atoms with Gasteiger partial charge in [0.05, 0.1) is 30.1 Å². The van der Waals surface area contributed by atoms with Gasteiger partial charge in [-0.2, -0.15) is 5.10 Å². The van der Waals surface area contributed by atoms with Gasteiger partial charge in [0.15, 0.2) is 0 Å². The molecule has 1 N–H and O–H groups in total. The molecule has 0 aliphatic rings. The van der Waals surface area contributed by atoms with Crippen LogP contribution in [0, 0.1) is 0 Å². The largest absolute Gasteiger partial charge is 0.507 e. The number of nitrogens with zero attached hydrogens (tertiary/aromatic N) is 3. The van der Waals surface area contributed by atoms with Crippen molar-refractivity contribution in [1.29, 1.82) is 0 Å². The van der Waals surface area contributed by atoms with Crippen LogP contribution >= 0.6 is 11.3 Å². The number of phenols is 1. The molecule has 0 atom stereocenters. The molecule has 1 aromatic heterocycles. The minimum Gasteiger partial charge on any atom is -0.507 e. The van der Waals surface area contributed by atoms with Crippen molar-refractivity contribution >= 4 is 27.8 Å². The van der Waals surface area contributed by atoms with Gasteiger partial charge in [-0.1, -0.05) is 53.8 Å². The molecule has 1 heterocycles. The van der Waals surface area contributed by atoms with E-state index in [2.05, 4.69) is 39.0 Å². The third-order valence-electron chi connectivity index (χ3n) is 4.35. The first kappa shape index (κ1) is 18.0. The van der Waals surface area contributed by atoms with E-state index < -0.39 is 0 Å². The molecule has 0 fully saturated rings. The van der Waals surface area contributed by atoms with Crippen LogP contribution in [-0.2, 0) is 6.54 Å². The zero-order chi connectivity index (χ0) is 19.3. The van der Waals surface area contributed by atoms with E-state index in [4.69, 9.17) is 4.74 Å². The molecule has 0 aliphatic carbocycles. The van der Waals surface area contributed by atoms with Crippen LogP contribution in [0.3, 0.4) is 0 Å². The average Bonchev–Trinajstić information content (AvgIpc) is 3.07. The summed E-state index contributed by atoms with van der Waals surface area (Å²) in [6.07, 6.45) is 1.54. The molecular formula is C22H19N3O2S. The summed E-state index contributed by atoms with van der Waals surface area (Å²) in [4.78, 5) is 0.795. The van der Waals surface area contributed by atoms with Crippen molar-refractivity contribution in [2.45, 2.75) is 6.54 Å². The molecule has 0 saturated heterocycles. The van der Waals surface area contributed by atoms with Crippen LogP contribution in [0.15, 0.2) is 83.0 Å². The predicted octanol–water partition coefficient (Wildman–Crippen LogP) is 4.40. The lowest BCUT2D eigenvalue weighted by Gasteiger charge is -2.05. The maximum absolute atomic E-state index is 10.0. The highest BCUT2D eigenvalue weighted by atomic mass is 32.1. The number of rotatable bonds is 5. The minimum atomic E-state index is 0.133. The van der Waals surface area contributed by atoms with E-state index in [9.17, 15) is 5.11 Å². The van der Waals surface area contributed by atoms with Crippen molar-refractivity contribution in [2.75, 3.05) is 7.11 Å². The Kier molecular flexibility index (Phi) is 5.21. The van der Waals surface area contributed by atoms with E-state index in [0.29, 0.717) is 17.9 Å². The molecule has 0 unspecified atom stereocenters. The van der Waals surface area contributed by atoms with Gasteiger partial charge < -0.3 is 14.4 Å². The van der Waals surface area contributed by atoms with Crippen molar-refractivity contribution in [1.82, 2.24) is 4.57 Å². The summed E-state index contributed by atoms with van der Waals surface area (Å²) in [5, 5.41) is 18.7. The first-order valence-electron chi connectivity index (χ1n) is 8.81.